The molecule has 0 unspecified atom stereocenters. The van der Waals surface area contributed by atoms with E-state index in [1.54, 1.807) is 0 Å². The summed E-state index contributed by atoms with van der Waals surface area (Å²) in [7, 11) is 0. The van der Waals surface area contributed by atoms with Crippen LogP contribution in [0.4, 0.5) is 0 Å². The molecule has 0 atom stereocenters. The minimum absolute atomic E-state index is 0.0961. The average Bonchev–Trinajstić information content (AvgIpc) is 3.26. The van der Waals surface area contributed by atoms with Crippen molar-refractivity contribution in [3.63, 3.8) is 0 Å². The van der Waals surface area contributed by atoms with Crippen LogP contribution in [0.3, 0.4) is 0 Å². The van der Waals surface area contributed by atoms with Crippen molar-refractivity contribution in [3.8, 4) is 5.69 Å². The van der Waals surface area contributed by atoms with Gasteiger partial charge in [-0.2, -0.15) is 0 Å². The Morgan fingerprint density at radius 2 is 1.33 bits per heavy atom. The highest BCUT2D eigenvalue weighted by Gasteiger charge is 2.19. The molecule has 0 N–H and O–H groups in total. The third kappa shape index (κ3) is 2.43. The molecule has 0 saturated carbocycles. The van der Waals surface area contributed by atoms with Crippen molar-refractivity contribution in [2.45, 2.75) is 26.2 Å². The van der Waals surface area contributed by atoms with Gasteiger partial charge in [0.15, 0.2) is 0 Å². The fraction of sp³-hybridized carbons (Fsp3) is 0.143. The average molecular weight is 389 g/mol. The second-order valence-electron chi connectivity index (χ2n) is 9.12. The quantitative estimate of drug-likeness (QED) is 0.279. The zero-order valence-electron chi connectivity index (χ0n) is 17.4. The van der Waals surface area contributed by atoms with Crippen molar-refractivity contribution in [2.75, 3.05) is 0 Å². The van der Waals surface area contributed by atoms with E-state index in [4.69, 9.17) is 4.42 Å². The minimum atomic E-state index is 0.0961. The molecular weight excluding hydrogens is 366 g/mol. The van der Waals surface area contributed by atoms with Gasteiger partial charge in [0.1, 0.15) is 11.2 Å². The molecule has 6 rings (SSSR count). The molecule has 2 heterocycles. The molecule has 0 spiro atoms. The van der Waals surface area contributed by atoms with Crippen molar-refractivity contribution in [1.82, 2.24) is 4.57 Å². The Hall–Kier alpha value is -3.52. The fourth-order valence-electron chi connectivity index (χ4n) is 4.56. The lowest BCUT2D eigenvalue weighted by Crippen LogP contribution is -2.10. The van der Waals surface area contributed by atoms with Crippen LogP contribution >= 0.6 is 0 Å². The smallest absolute Gasteiger partial charge is 0.136 e. The highest BCUT2D eigenvalue weighted by molar-refractivity contribution is 6.17. The van der Waals surface area contributed by atoms with Crippen molar-refractivity contribution >= 4 is 43.7 Å². The molecule has 2 heteroatoms. The number of aromatic nitrogens is 1. The number of benzene rings is 4. The number of para-hydroxylation sites is 2. The van der Waals surface area contributed by atoms with E-state index in [1.165, 1.54) is 33.1 Å². The van der Waals surface area contributed by atoms with E-state index in [9.17, 15) is 0 Å². The lowest BCUT2D eigenvalue weighted by molar-refractivity contribution is 0.591. The van der Waals surface area contributed by atoms with Crippen LogP contribution in [-0.4, -0.2) is 4.57 Å². The van der Waals surface area contributed by atoms with E-state index < -0.39 is 0 Å². The zero-order chi connectivity index (χ0) is 20.5. The summed E-state index contributed by atoms with van der Waals surface area (Å²) in [5, 5.41) is 4.82. The first-order valence-corrected chi connectivity index (χ1v) is 10.5. The first-order chi connectivity index (χ1) is 14.5. The van der Waals surface area contributed by atoms with Gasteiger partial charge in [-0.25, -0.2) is 0 Å². The molecule has 0 fully saturated rings. The summed E-state index contributed by atoms with van der Waals surface area (Å²) in [4.78, 5) is 0. The predicted octanol–water partition coefficient (Wildman–Crippen LogP) is 7.98. The minimum Gasteiger partial charge on any atom is -0.456 e. The summed E-state index contributed by atoms with van der Waals surface area (Å²) in [6.45, 7) is 6.80. The number of furan rings is 1. The van der Waals surface area contributed by atoms with E-state index >= 15 is 0 Å². The van der Waals surface area contributed by atoms with Gasteiger partial charge >= 0.3 is 0 Å². The first-order valence-electron chi connectivity index (χ1n) is 10.5. The summed E-state index contributed by atoms with van der Waals surface area (Å²) in [5.41, 5.74) is 6.92. The lowest BCUT2D eigenvalue weighted by atomic mass is 9.86. The molecule has 0 bridgehead atoms. The van der Waals surface area contributed by atoms with E-state index in [-0.39, 0.29) is 5.41 Å². The highest BCUT2D eigenvalue weighted by Crippen LogP contribution is 2.39. The van der Waals surface area contributed by atoms with Gasteiger partial charge in [-0.15, -0.1) is 0 Å². The number of hydrogen-bond acceptors (Lipinski definition) is 1. The largest absolute Gasteiger partial charge is 0.456 e. The Kier molecular flexibility index (Phi) is 3.47. The second-order valence-corrected chi connectivity index (χ2v) is 9.12. The van der Waals surface area contributed by atoms with E-state index in [1.807, 2.05) is 12.1 Å². The molecule has 0 amide bonds. The van der Waals surface area contributed by atoms with Crippen molar-refractivity contribution < 1.29 is 4.42 Å². The Labute approximate surface area is 175 Å². The van der Waals surface area contributed by atoms with Gasteiger partial charge in [-0.3, -0.25) is 0 Å². The summed E-state index contributed by atoms with van der Waals surface area (Å²) >= 11 is 0. The van der Waals surface area contributed by atoms with Crippen LogP contribution in [0.25, 0.3) is 49.4 Å². The first kappa shape index (κ1) is 17.3. The van der Waals surface area contributed by atoms with E-state index in [0.717, 1.165) is 21.9 Å². The molecule has 0 aliphatic rings. The third-order valence-corrected chi connectivity index (χ3v) is 6.14. The van der Waals surface area contributed by atoms with Gasteiger partial charge in [0.05, 0.1) is 11.0 Å². The van der Waals surface area contributed by atoms with Crippen LogP contribution in [0.1, 0.15) is 26.3 Å². The Morgan fingerprint density at radius 1 is 0.600 bits per heavy atom. The molecule has 0 saturated heterocycles. The SMILES string of the molecule is CC(C)(C)c1ccc2c(c1)c1cc3oc4ccccc4c3cc1n2-c1ccccc1. The molecule has 0 aliphatic carbocycles. The maximum absolute atomic E-state index is 6.21. The molecule has 0 radical (unpaired) electrons. The lowest BCUT2D eigenvalue weighted by Gasteiger charge is -2.19. The number of nitrogens with zero attached hydrogens (tertiary/aromatic N) is 1. The zero-order valence-corrected chi connectivity index (χ0v) is 17.4. The van der Waals surface area contributed by atoms with Crippen LogP contribution < -0.4 is 0 Å². The molecule has 2 nitrogen and oxygen atoms in total. The summed E-state index contributed by atoms with van der Waals surface area (Å²) in [5.74, 6) is 0. The normalized spacial score (nSPS) is 12.5. The number of fused-ring (bicyclic) bond motifs is 6. The van der Waals surface area contributed by atoms with Crippen LogP contribution in [0, 0.1) is 0 Å². The van der Waals surface area contributed by atoms with Crippen molar-refractivity contribution in [3.05, 3.63) is 90.5 Å². The molecule has 6 aromatic rings. The Bertz CT molecular complexity index is 1560. The summed E-state index contributed by atoms with van der Waals surface area (Å²) in [6.07, 6.45) is 0. The molecule has 2 aromatic heterocycles. The summed E-state index contributed by atoms with van der Waals surface area (Å²) in [6, 6.07) is 30.3. The molecule has 0 aliphatic heterocycles. The molecule has 30 heavy (non-hydrogen) atoms. The maximum Gasteiger partial charge on any atom is 0.136 e. The summed E-state index contributed by atoms with van der Waals surface area (Å²) < 4.78 is 8.59. The molecule has 4 aromatic carbocycles. The van der Waals surface area contributed by atoms with Gasteiger partial charge in [-0.05, 0) is 53.4 Å². The van der Waals surface area contributed by atoms with E-state index in [0.29, 0.717) is 0 Å². The Morgan fingerprint density at radius 3 is 2.13 bits per heavy atom. The monoisotopic (exact) mass is 389 g/mol. The van der Waals surface area contributed by atoms with E-state index in [2.05, 4.69) is 98.1 Å². The van der Waals surface area contributed by atoms with Crippen LogP contribution in [0.2, 0.25) is 0 Å². The van der Waals surface area contributed by atoms with Crippen LogP contribution in [0.5, 0.6) is 0 Å². The van der Waals surface area contributed by atoms with Gasteiger partial charge in [-0.1, -0.05) is 63.2 Å². The van der Waals surface area contributed by atoms with Crippen LogP contribution in [-0.2, 0) is 5.41 Å². The van der Waals surface area contributed by atoms with Crippen molar-refractivity contribution in [1.29, 1.82) is 0 Å². The molecule has 146 valence electrons. The third-order valence-electron chi connectivity index (χ3n) is 6.14. The maximum atomic E-state index is 6.21. The Balaban J connectivity index is 1.81. The van der Waals surface area contributed by atoms with Gasteiger partial charge in [0, 0.05) is 27.2 Å². The molecular formula is C28H23NO. The van der Waals surface area contributed by atoms with Crippen molar-refractivity contribution in [2.24, 2.45) is 0 Å². The van der Waals surface area contributed by atoms with Crippen LogP contribution in [0.15, 0.2) is 89.3 Å². The van der Waals surface area contributed by atoms with Gasteiger partial charge in [0.25, 0.3) is 0 Å². The second kappa shape index (κ2) is 5.99. The van der Waals surface area contributed by atoms with Gasteiger partial charge in [0.2, 0.25) is 0 Å². The number of rotatable bonds is 1. The topological polar surface area (TPSA) is 18.1 Å². The highest BCUT2D eigenvalue weighted by atomic mass is 16.3. The fourth-order valence-corrected chi connectivity index (χ4v) is 4.56. The predicted molar refractivity (Wildman–Crippen MR) is 127 cm³/mol. The number of hydrogen-bond donors (Lipinski definition) is 0. The standard InChI is InChI=1S/C28H23NO/c1-28(2,3)18-13-14-24-21(15-18)22-17-27-23(20-11-7-8-12-26(20)30-27)16-25(22)29(24)19-9-5-4-6-10-19/h4-17H,1-3H3. The van der Waals surface area contributed by atoms with Gasteiger partial charge < -0.3 is 8.98 Å².